The lowest BCUT2D eigenvalue weighted by Crippen LogP contribution is -2.20. The lowest BCUT2D eigenvalue weighted by Gasteiger charge is -2.27. The van der Waals surface area contributed by atoms with Gasteiger partial charge in [0, 0.05) is 5.56 Å². The fourth-order valence-corrected chi connectivity index (χ4v) is 3.33. The fraction of sp³-hybridized carbons (Fsp3) is 0.0476. The van der Waals surface area contributed by atoms with E-state index in [1.54, 1.807) is 48.5 Å². The first kappa shape index (κ1) is 20.2. The number of para-hydroxylation sites is 1. The largest absolute Gasteiger partial charge is 0.755 e. The number of hydrogen-bond acceptors (Lipinski definition) is 4. The van der Waals surface area contributed by atoms with Crippen LogP contribution in [0.1, 0.15) is 26.3 Å². The molecule has 0 spiro atoms. The molecule has 3 aromatic carbocycles. The SMILES string of the molecule is Cc1ccc(N(c2cccc(C(=O)Nc3ccccc3C(=O)O)c2)S(=O)[O-])cc1. The first-order valence-corrected chi connectivity index (χ1v) is 9.60. The van der Waals surface area contributed by atoms with Crippen molar-refractivity contribution in [3.8, 4) is 0 Å². The molecule has 0 aromatic heterocycles. The number of anilines is 3. The van der Waals surface area contributed by atoms with Crippen LogP contribution < -0.4 is 9.62 Å². The molecule has 29 heavy (non-hydrogen) atoms. The minimum Gasteiger partial charge on any atom is -0.755 e. The van der Waals surface area contributed by atoms with E-state index >= 15 is 0 Å². The van der Waals surface area contributed by atoms with Gasteiger partial charge in [-0.25, -0.2) is 4.79 Å². The Bertz CT molecular complexity index is 1080. The Balaban J connectivity index is 1.92. The quantitative estimate of drug-likeness (QED) is 0.601. The summed E-state index contributed by atoms with van der Waals surface area (Å²) in [5.74, 6) is -1.72. The van der Waals surface area contributed by atoms with Gasteiger partial charge in [0.2, 0.25) is 0 Å². The van der Waals surface area contributed by atoms with Crippen molar-refractivity contribution in [2.45, 2.75) is 6.92 Å². The van der Waals surface area contributed by atoms with Gasteiger partial charge in [-0.15, -0.1) is 0 Å². The Morgan fingerprint density at radius 1 is 0.966 bits per heavy atom. The molecule has 0 radical (unpaired) electrons. The van der Waals surface area contributed by atoms with Gasteiger partial charge in [-0.2, -0.15) is 0 Å². The Kier molecular flexibility index (Phi) is 6.06. The van der Waals surface area contributed by atoms with Gasteiger partial charge < -0.3 is 15.0 Å². The molecule has 0 aliphatic heterocycles. The molecular formula is C21H17N2O5S-. The zero-order valence-corrected chi connectivity index (χ0v) is 16.2. The molecule has 0 saturated carbocycles. The number of carbonyl (C=O) groups is 2. The number of amides is 1. The van der Waals surface area contributed by atoms with E-state index in [9.17, 15) is 23.5 Å². The predicted octanol–water partition coefficient (Wildman–Crippen LogP) is 3.88. The topological polar surface area (TPSA) is 110 Å². The van der Waals surface area contributed by atoms with E-state index in [0.717, 1.165) is 9.87 Å². The smallest absolute Gasteiger partial charge is 0.337 e. The fourth-order valence-electron chi connectivity index (χ4n) is 2.75. The highest BCUT2D eigenvalue weighted by Gasteiger charge is 2.16. The van der Waals surface area contributed by atoms with Crippen molar-refractivity contribution in [1.82, 2.24) is 0 Å². The first-order valence-electron chi connectivity index (χ1n) is 8.57. The van der Waals surface area contributed by atoms with E-state index in [1.165, 1.54) is 24.3 Å². The maximum Gasteiger partial charge on any atom is 0.337 e. The standard InChI is InChI=1S/C21H18N2O5S/c1-14-9-11-16(12-10-14)23(29(27)28)17-6-4-5-15(13-17)20(24)22-19-8-3-2-7-18(19)21(25)26/h2-13H,1H3,(H,22,24)(H,25,26)(H,27,28)/p-1. The van der Waals surface area contributed by atoms with Gasteiger partial charge in [0.25, 0.3) is 5.91 Å². The van der Waals surface area contributed by atoms with E-state index in [-0.39, 0.29) is 22.5 Å². The summed E-state index contributed by atoms with van der Waals surface area (Å²) in [4.78, 5) is 24.0. The van der Waals surface area contributed by atoms with Crippen molar-refractivity contribution in [1.29, 1.82) is 0 Å². The number of aromatic carboxylic acids is 1. The minimum atomic E-state index is -2.61. The third-order valence-electron chi connectivity index (χ3n) is 4.17. The molecule has 0 aliphatic carbocycles. The molecule has 1 atom stereocenters. The summed E-state index contributed by atoms with van der Waals surface area (Å²) < 4.78 is 24.7. The molecule has 8 heteroatoms. The van der Waals surface area contributed by atoms with Crippen LogP contribution in [0.25, 0.3) is 0 Å². The van der Waals surface area contributed by atoms with Crippen LogP contribution in [0.15, 0.2) is 72.8 Å². The lowest BCUT2D eigenvalue weighted by molar-refractivity contribution is 0.0698. The molecule has 3 rings (SSSR count). The van der Waals surface area contributed by atoms with Gasteiger partial charge >= 0.3 is 5.97 Å². The summed E-state index contributed by atoms with van der Waals surface area (Å²) in [6, 6.07) is 19.0. The Morgan fingerprint density at radius 2 is 1.66 bits per heavy atom. The van der Waals surface area contributed by atoms with Gasteiger partial charge in [0.15, 0.2) is 0 Å². The van der Waals surface area contributed by atoms with Crippen LogP contribution in [-0.4, -0.2) is 25.7 Å². The monoisotopic (exact) mass is 409 g/mol. The number of carboxylic acids is 1. The number of nitrogens with zero attached hydrogens (tertiary/aromatic N) is 1. The van der Waals surface area contributed by atoms with E-state index in [0.29, 0.717) is 5.69 Å². The molecule has 3 aromatic rings. The molecule has 2 N–H and O–H groups in total. The predicted molar refractivity (Wildman–Crippen MR) is 110 cm³/mol. The molecule has 1 amide bonds. The molecule has 0 aliphatic rings. The second-order valence-corrected chi connectivity index (χ2v) is 7.00. The average Bonchev–Trinajstić information content (AvgIpc) is 2.70. The van der Waals surface area contributed by atoms with Gasteiger partial charge in [-0.1, -0.05) is 35.9 Å². The second kappa shape index (κ2) is 8.68. The van der Waals surface area contributed by atoms with Crippen molar-refractivity contribution >= 4 is 40.2 Å². The highest BCUT2D eigenvalue weighted by atomic mass is 32.2. The number of hydrogen-bond donors (Lipinski definition) is 2. The van der Waals surface area contributed by atoms with E-state index in [1.807, 2.05) is 6.92 Å². The highest BCUT2D eigenvalue weighted by Crippen LogP contribution is 2.28. The van der Waals surface area contributed by atoms with Crippen molar-refractivity contribution in [3.05, 3.63) is 89.5 Å². The van der Waals surface area contributed by atoms with Crippen LogP contribution in [0.4, 0.5) is 17.1 Å². The summed E-state index contributed by atoms with van der Waals surface area (Å²) in [6.45, 7) is 1.89. The number of benzene rings is 3. The van der Waals surface area contributed by atoms with E-state index in [2.05, 4.69) is 5.32 Å². The molecule has 7 nitrogen and oxygen atoms in total. The third-order valence-corrected chi connectivity index (χ3v) is 4.89. The molecule has 148 valence electrons. The first-order chi connectivity index (χ1) is 13.9. The average molecular weight is 409 g/mol. The van der Waals surface area contributed by atoms with Crippen LogP contribution in [0.2, 0.25) is 0 Å². The maximum atomic E-state index is 12.6. The summed E-state index contributed by atoms with van der Waals surface area (Å²) in [7, 11) is 0. The van der Waals surface area contributed by atoms with Crippen molar-refractivity contribution in [3.63, 3.8) is 0 Å². The second-order valence-electron chi connectivity index (χ2n) is 6.20. The highest BCUT2D eigenvalue weighted by molar-refractivity contribution is 7.81. The lowest BCUT2D eigenvalue weighted by atomic mass is 10.1. The van der Waals surface area contributed by atoms with Crippen molar-refractivity contribution in [2.24, 2.45) is 0 Å². The summed E-state index contributed by atoms with van der Waals surface area (Å²) >= 11 is -2.61. The van der Waals surface area contributed by atoms with Gasteiger partial charge in [0.05, 0.1) is 33.9 Å². The summed E-state index contributed by atoms with van der Waals surface area (Å²) in [6.07, 6.45) is 0. The molecule has 0 heterocycles. The van der Waals surface area contributed by atoms with Crippen LogP contribution in [0, 0.1) is 6.92 Å². The molecular weight excluding hydrogens is 392 g/mol. The van der Waals surface area contributed by atoms with Gasteiger partial charge in [-0.05, 0) is 49.4 Å². The Labute approximate surface area is 170 Å². The summed E-state index contributed by atoms with van der Waals surface area (Å²) in [5, 5.41) is 11.8. The van der Waals surface area contributed by atoms with Crippen LogP contribution in [-0.2, 0) is 11.3 Å². The van der Waals surface area contributed by atoms with Crippen LogP contribution >= 0.6 is 0 Å². The number of carbonyl (C=O) groups excluding carboxylic acids is 1. The number of carboxylic acid groups (broad SMARTS) is 1. The third kappa shape index (κ3) is 4.68. The maximum absolute atomic E-state index is 12.6. The van der Waals surface area contributed by atoms with E-state index < -0.39 is 23.1 Å². The molecule has 0 saturated heterocycles. The van der Waals surface area contributed by atoms with Gasteiger partial charge in [0.1, 0.15) is 0 Å². The Morgan fingerprint density at radius 3 is 2.31 bits per heavy atom. The molecule has 0 fully saturated rings. The number of nitrogens with one attached hydrogen (secondary N) is 1. The van der Waals surface area contributed by atoms with Crippen LogP contribution in [0.5, 0.6) is 0 Å². The molecule has 0 bridgehead atoms. The number of rotatable bonds is 6. The summed E-state index contributed by atoms with van der Waals surface area (Å²) in [5.41, 5.74) is 1.98. The normalized spacial score (nSPS) is 11.5. The number of aryl methyl sites for hydroxylation is 1. The Hall–Kier alpha value is -3.49. The minimum absolute atomic E-state index is 0.0426. The van der Waals surface area contributed by atoms with Gasteiger partial charge in [-0.3, -0.25) is 13.3 Å². The van der Waals surface area contributed by atoms with E-state index in [4.69, 9.17) is 0 Å². The van der Waals surface area contributed by atoms with Crippen molar-refractivity contribution in [2.75, 3.05) is 9.62 Å². The molecule has 1 unspecified atom stereocenters. The van der Waals surface area contributed by atoms with Crippen LogP contribution in [0.3, 0.4) is 0 Å². The zero-order valence-electron chi connectivity index (χ0n) is 15.4. The van der Waals surface area contributed by atoms with Crippen molar-refractivity contribution < 1.29 is 23.5 Å². The zero-order chi connectivity index (χ0) is 21.0.